The lowest BCUT2D eigenvalue weighted by atomic mass is 10.1. The van der Waals surface area contributed by atoms with Crippen LogP contribution in [0.2, 0.25) is 0 Å². The van der Waals surface area contributed by atoms with Crippen molar-refractivity contribution in [2.45, 2.75) is 3.79 Å². The number of carbonyl (C=O) groups excluding carboxylic acids is 1. The summed E-state index contributed by atoms with van der Waals surface area (Å²) in [6, 6.07) is 6.97. The van der Waals surface area contributed by atoms with Crippen LogP contribution in [-0.4, -0.2) is 55.9 Å². The van der Waals surface area contributed by atoms with E-state index in [-0.39, 0.29) is 11.4 Å². The van der Waals surface area contributed by atoms with Crippen LogP contribution in [-0.2, 0) is 4.79 Å². The highest BCUT2D eigenvalue weighted by atomic mass is 35.6. The van der Waals surface area contributed by atoms with E-state index < -0.39 is 9.58 Å². The molecule has 0 aliphatic rings. The normalized spacial score (nSPS) is 12.2. The Morgan fingerprint density at radius 3 is 2.38 bits per heavy atom. The predicted octanol–water partition coefficient (Wildman–Crippen LogP) is 2.51. The number of hydrogen-bond acceptors (Lipinski definition) is 6. The lowest BCUT2D eigenvalue weighted by Gasteiger charge is -2.15. The number of nitrogens with zero attached hydrogens (tertiary/aromatic N) is 5. The van der Waals surface area contributed by atoms with Gasteiger partial charge in [-0.1, -0.05) is 34.8 Å². The number of hydrogen-bond donors (Lipinski definition) is 0. The molecule has 7 nitrogen and oxygen atoms in total. The summed E-state index contributed by atoms with van der Waals surface area (Å²) in [6.07, 6.45) is 1.50. The number of carbonyl (C=O) groups is 1. The Hall–Kier alpha value is -1.83. The molecule has 0 radical (unpaired) electrons. The number of methoxy groups -OCH3 is 1. The van der Waals surface area contributed by atoms with Crippen molar-refractivity contribution in [2.24, 2.45) is 0 Å². The van der Waals surface area contributed by atoms with E-state index >= 15 is 0 Å². The average Bonchev–Trinajstić information content (AvgIpc) is 3.00. The van der Waals surface area contributed by atoms with Crippen LogP contribution in [0.3, 0.4) is 0 Å². The fraction of sp³-hybridized carbons (Fsp3) is 0.286. The number of aromatic nitrogens is 4. The largest absolute Gasteiger partial charge is 0.497 e. The van der Waals surface area contributed by atoms with Gasteiger partial charge in [0.1, 0.15) is 5.75 Å². The first-order valence-electron chi connectivity index (χ1n) is 6.67. The van der Waals surface area contributed by atoms with Crippen LogP contribution in [0.5, 0.6) is 5.75 Å². The van der Waals surface area contributed by atoms with Gasteiger partial charge < -0.3 is 9.64 Å². The van der Waals surface area contributed by atoms with E-state index in [2.05, 4.69) is 15.5 Å². The topological polar surface area (TPSA) is 73.1 Å². The van der Waals surface area contributed by atoms with Crippen molar-refractivity contribution in [2.75, 3.05) is 21.2 Å². The molecule has 128 valence electrons. The lowest BCUT2D eigenvalue weighted by molar-refractivity contribution is -0.113. The summed E-state index contributed by atoms with van der Waals surface area (Å²) in [7, 11) is 5.02. The van der Waals surface area contributed by atoms with Gasteiger partial charge in [-0.05, 0) is 34.7 Å². The monoisotopic (exact) mass is 389 g/mol. The molecule has 2 rings (SSSR count). The Morgan fingerprint density at radius 1 is 1.25 bits per heavy atom. The molecule has 0 bridgehead atoms. The van der Waals surface area contributed by atoms with Gasteiger partial charge in [0.15, 0.2) is 5.82 Å². The third-order valence-electron chi connectivity index (χ3n) is 2.92. The minimum absolute atomic E-state index is 0.0702. The van der Waals surface area contributed by atoms with E-state index in [1.165, 1.54) is 10.9 Å². The van der Waals surface area contributed by atoms with Crippen LogP contribution >= 0.6 is 34.8 Å². The Labute approximate surface area is 153 Å². The van der Waals surface area contributed by atoms with E-state index in [0.29, 0.717) is 11.4 Å². The fourth-order valence-electron chi connectivity index (χ4n) is 1.88. The number of benzene rings is 1. The van der Waals surface area contributed by atoms with Crippen molar-refractivity contribution < 1.29 is 9.53 Å². The molecule has 0 N–H and O–H groups in total. The van der Waals surface area contributed by atoms with E-state index in [1.807, 2.05) is 0 Å². The molecule has 0 atom stereocenters. The summed E-state index contributed by atoms with van der Waals surface area (Å²) >= 11 is 17.2. The molecule has 0 fully saturated rings. The van der Waals surface area contributed by atoms with E-state index in [0.717, 1.165) is 0 Å². The number of alkyl halides is 3. The Balaban J connectivity index is 2.53. The van der Waals surface area contributed by atoms with E-state index in [4.69, 9.17) is 39.5 Å². The number of rotatable bonds is 5. The highest BCUT2D eigenvalue weighted by molar-refractivity contribution is 6.79. The van der Waals surface area contributed by atoms with Gasteiger partial charge in [-0.2, -0.15) is 4.68 Å². The number of tetrazole rings is 1. The van der Waals surface area contributed by atoms with Crippen molar-refractivity contribution in [1.29, 1.82) is 0 Å². The van der Waals surface area contributed by atoms with Crippen LogP contribution < -0.4 is 4.74 Å². The third kappa shape index (κ3) is 4.17. The maximum absolute atomic E-state index is 12.5. The average molecular weight is 391 g/mol. The maximum Gasteiger partial charge on any atom is 0.253 e. The molecule has 0 saturated carbocycles. The second-order valence-electron chi connectivity index (χ2n) is 4.95. The quantitative estimate of drug-likeness (QED) is 0.577. The summed E-state index contributed by atoms with van der Waals surface area (Å²) in [4.78, 5) is 14.1. The first-order chi connectivity index (χ1) is 11.2. The van der Waals surface area contributed by atoms with Crippen molar-refractivity contribution in [1.82, 2.24) is 25.1 Å². The molecule has 0 aliphatic heterocycles. The van der Waals surface area contributed by atoms with Gasteiger partial charge in [0, 0.05) is 20.3 Å². The zero-order valence-electron chi connectivity index (χ0n) is 13.1. The van der Waals surface area contributed by atoms with Crippen molar-refractivity contribution >= 4 is 46.2 Å². The van der Waals surface area contributed by atoms with E-state index in [1.54, 1.807) is 50.4 Å². The van der Waals surface area contributed by atoms with Crippen LogP contribution in [0.1, 0.15) is 5.82 Å². The van der Waals surface area contributed by atoms with Crippen LogP contribution in [0.25, 0.3) is 11.3 Å². The van der Waals surface area contributed by atoms with Crippen molar-refractivity contribution in [3.05, 3.63) is 36.3 Å². The molecule has 24 heavy (non-hydrogen) atoms. The molecule has 0 saturated heterocycles. The summed E-state index contributed by atoms with van der Waals surface area (Å²) in [5, 5.41) is 11.4. The number of Topliss-reactive ketones (excluding diaryl/α,β-unsaturated/α-hetero) is 1. The zero-order valence-corrected chi connectivity index (χ0v) is 15.3. The molecule has 0 aliphatic carbocycles. The molecular formula is C14H14Cl3N5O2. The maximum atomic E-state index is 12.5. The molecule has 2 aromatic rings. The van der Waals surface area contributed by atoms with Gasteiger partial charge in [-0.15, -0.1) is 5.10 Å². The van der Waals surface area contributed by atoms with Crippen LogP contribution in [0.4, 0.5) is 0 Å². The van der Waals surface area contributed by atoms with Gasteiger partial charge in [-0.3, -0.25) is 4.79 Å². The summed E-state index contributed by atoms with van der Waals surface area (Å²) < 4.78 is 4.37. The highest BCUT2D eigenvalue weighted by Gasteiger charge is 2.36. The minimum atomic E-state index is -2.13. The smallest absolute Gasteiger partial charge is 0.253 e. The Morgan fingerprint density at radius 2 is 1.88 bits per heavy atom. The van der Waals surface area contributed by atoms with Gasteiger partial charge in [0.2, 0.25) is 5.78 Å². The molecule has 0 spiro atoms. The standard InChI is InChI=1S/C14H14Cl3N5O2/c1-21(2)8-11(12(23)14(15,16)17)13-18-19-20-22(13)9-4-6-10(24-3)7-5-9/h4-8H,1-3H3/b11-8+. The van der Waals surface area contributed by atoms with Crippen LogP contribution in [0.15, 0.2) is 30.5 Å². The molecule has 1 aromatic heterocycles. The van der Waals surface area contributed by atoms with Gasteiger partial charge >= 0.3 is 0 Å². The molecule has 0 amide bonds. The van der Waals surface area contributed by atoms with Crippen LogP contribution in [0, 0.1) is 0 Å². The van der Waals surface area contributed by atoms with Gasteiger partial charge in [0.05, 0.1) is 18.4 Å². The zero-order chi connectivity index (χ0) is 17.9. The Kier molecular flexibility index (Phi) is 5.69. The number of ether oxygens (including phenoxy) is 1. The molecule has 1 aromatic carbocycles. The second-order valence-corrected chi connectivity index (χ2v) is 7.23. The fourth-order valence-corrected chi connectivity index (χ4v) is 2.19. The highest BCUT2D eigenvalue weighted by Crippen LogP contribution is 2.33. The minimum Gasteiger partial charge on any atom is -0.497 e. The first kappa shape index (κ1) is 18.5. The second kappa shape index (κ2) is 7.38. The van der Waals surface area contributed by atoms with Gasteiger partial charge in [-0.25, -0.2) is 0 Å². The summed E-state index contributed by atoms with van der Waals surface area (Å²) in [6.45, 7) is 0. The van der Waals surface area contributed by atoms with E-state index in [9.17, 15) is 4.79 Å². The first-order valence-corrected chi connectivity index (χ1v) is 7.80. The lowest BCUT2D eigenvalue weighted by Crippen LogP contribution is -2.23. The number of allylic oxidation sites excluding steroid dienone is 1. The molecular weight excluding hydrogens is 377 g/mol. The Bertz CT molecular complexity index is 751. The summed E-state index contributed by atoms with van der Waals surface area (Å²) in [5.41, 5.74) is 0.693. The van der Waals surface area contributed by atoms with Crippen molar-refractivity contribution in [3.8, 4) is 11.4 Å². The summed E-state index contributed by atoms with van der Waals surface area (Å²) in [5.74, 6) is 0.103. The molecule has 10 heteroatoms. The molecule has 0 unspecified atom stereocenters. The van der Waals surface area contributed by atoms with Gasteiger partial charge in [0.25, 0.3) is 3.79 Å². The van der Waals surface area contributed by atoms with Crippen molar-refractivity contribution in [3.63, 3.8) is 0 Å². The third-order valence-corrected chi connectivity index (χ3v) is 3.43. The SMILES string of the molecule is COc1ccc(-n2nnnc2/C(=C/N(C)C)C(=O)C(Cl)(Cl)Cl)cc1. The predicted molar refractivity (Wildman–Crippen MR) is 92.7 cm³/mol. The number of ketones is 1. The molecule has 1 heterocycles. The number of halogens is 3.